The molecular weight excluding hydrogens is 429 g/mol. The minimum atomic E-state index is -1.47. The van der Waals surface area contributed by atoms with Gasteiger partial charge in [0, 0.05) is 10.5 Å². The highest BCUT2D eigenvalue weighted by molar-refractivity contribution is 8.05. The second-order valence-electron chi connectivity index (χ2n) is 12.8. The lowest BCUT2D eigenvalue weighted by Gasteiger charge is -2.48. The molecule has 0 bridgehead atoms. The summed E-state index contributed by atoms with van der Waals surface area (Å²) in [5.41, 5.74) is 1.95. The molecule has 3 fully saturated rings. The highest BCUT2D eigenvalue weighted by Crippen LogP contribution is 2.69. The van der Waals surface area contributed by atoms with Crippen LogP contribution in [0.4, 0.5) is 0 Å². The van der Waals surface area contributed by atoms with E-state index >= 15 is 0 Å². The molecule has 0 radical (unpaired) electrons. The second-order valence-corrected chi connectivity index (χ2v) is 20.7. The zero-order valence-corrected chi connectivity index (χ0v) is 23.0. The van der Waals surface area contributed by atoms with Gasteiger partial charge in [-0.25, -0.2) is 0 Å². The van der Waals surface area contributed by atoms with E-state index in [0.29, 0.717) is 0 Å². The average Bonchev–Trinajstić information content (AvgIpc) is 3.40. The highest BCUT2D eigenvalue weighted by atomic mass is 32.2. The first-order valence-electron chi connectivity index (χ1n) is 13.1. The van der Waals surface area contributed by atoms with E-state index < -0.39 is 8.07 Å². The highest BCUT2D eigenvalue weighted by Gasteiger charge is 2.63. The Bertz CT molecular complexity index is 808. The van der Waals surface area contributed by atoms with Gasteiger partial charge in [-0.2, -0.15) is 0 Å². The monoisotopic (exact) mass is 470 g/mol. The van der Waals surface area contributed by atoms with Crippen LogP contribution in [0.2, 0.25) is 24.2 Å². The van der Waals surface area contributed by atoms with Crippen LogP contribution < -0.4 is 0 Å². The van der Waals surface area contributed by atoms with E-state index in [-0.39, 0.29) is 0 Å². The molecule has 9 unspecified atom stereocenters. The maximum atomic E-state index is 2.84. The Labute approximate surface area is 200 Å². The van der Waals surface area contributed by atoms with Gasteiger partial charge in [0.25, 0.3) is 0 Å². The van der Waals surface area contributed by atoms with Gasteiger partial charge in [0.05, 0.1) is 8.07 Å². The molecule has 0 aromatic carbocycles. The molecule has 0 N–H and O–H groups in total. The first-order valence-corrected chi connectivity index (χ1v) is 18.1. The molecule has 12 atom stereocenters. The fourth-order valence-electron chi connectivity index (χ4n) is 9.72. The summed E-state index contributed by atoms with van der Waals surface area (Å²) in [5, 5.41) is 1.74. The van der Waals surface area contributed by atoms with Gasteiger partial charge in [-0.1, -0.05) is 57.7 Å². The Balaban J connectivity index is 1.33. The Hall–Kier alpha value is 0.137. The number of fused-ring (bicyclic) bond motifs is 6. The minimum Gasteiger partial charge on any atom is -0.127 e. The minimum absolute atomic E-state index is 0.815. The Kier molecular flexibility index (Phi) is 5.29. The second kappa shape index (κ2) is 7.57. The molecule has 0 amide bonds. The number of hydrogen-bond acceptors (Lipinski definition) is 2. The van der Waals surface area contributed by atoms with E-state index in [2.05, 4.69) is 88.6 Å². The van der Waals surface area contributed by atoms with Crippen LogP contribution in [0.5, 0.6) is 0 Å². The summed E-state index contributed by atoms with van der Waals surface area (Å²) in [7, 11) is -1.47. The summed E-state index contributed by atoms with van der Waals surface area (Å²) in [5.74, 6) is 7.29. The third-order valence-corrected chi connectivity index (χ3v) is 19.0. The normalized spacial score (nSPS) is 53.0. The van der Waals surface area contributed by atoms with Crippen molar-refractivity contribution < 1.29 is 0 Å². The molecule has 0 aromatic rings. The molecule has 3 heteroatoms. The number of allylic oxidation sites excluding steroid dienone is 6. The van der Waals surface area contributed by atoms with Gasteiger partial charge < -0.3 is 0 Å². The van der Waals surface area contributed by atoms with Crippen molar-refractivity contribution in [3.05, 3.63) is 34.1 Å². The van der Waals surface area contributed by atoms with Gasteiger partial charge >= 0.3 is 0 Å². The number of thioether (sulfide) groups is 2. The molecule has 2 aliphatic heterocycles. The van der Waals surface area contributed by atoms with Crippen molar-refractivity contribution in [2.24, 2.45) is 47.3 Å². The summed E-state index contributed by atoms with van der Waals surface area (Å²) in [6.07, 6.45) is 16.8. The fourth-order valence-corrected chi connectivity index (χ4v) is 20.7. The van der Waals surface area contributed by atoms with Crippen LogP contribution >= 0.6 is 23.5 Å². The Morgan fingerprint density at radius 1 is 0.774 bits per heavy atom. The maximum absolute atomic E-state index is 2.84. The van der Waals surface area contributed by atoms with Crippen molar-refractivity contribution in [2.45, 2.75) is 88.1 Å². The lowest BCUT2D eigenvalue weighted by Crippen LogP contribution is -2.48. The smallest absolute Gasteiger partial charge is 0.0569 e. The first kappa shape index (κ1) is 21.7. The van der Waals surface area contributed by atoms with Gasteiger partial charge in [0.2, 0.25) is 0 Å². The lowest BCUT2D eigenvalue weighted by molar-refractivity contribution is 0.128. The molecule has 6 aliphatic rings. The van der Waals surface area contributed by atoms with Crippen molar-refractivity contribution in [2.75, 3.05) is 0 Å². The zero-order chi connectivity index (χ0) is 21.7. The zero-order valence-electron chi connectivity index (χ0n) is 20.4. The van der Waals surface area contributed by atoms with E-state index in [0.717, 1.165) is 68.9 Å². The summed E-state index contributed by atoms with van der Waals surface area (Å²) >= 11 is 4.54. The van der Waals surface area contributed by atoms with E-state index in [9.17, 15) is 0 Å². The topological polar surface area (TPSA) is 0 Å². The molecule has 6 rings (SSSR count). The third-order valence-electron chi connectivity index (χ3n) is 10.6. The largest absolute Gasteiger partial charge is 0.127 e. The van der Waals surface area contributed by atoms with Crippen molar-refractivity contribution >= 4 is 31.6 Å². The number of hydrogen-bond donors (Lipinski definition) is 0. The summed E-state index contributed by atoms with van der Waals surface area (Å²) in [6, 6.07) is 0. The van der Waals surface area contributed by atoms with Crippen LogP contribution in [0.15, 0.2) is 34.1 Å². The molecule has 4 aliphatic carbocycles. The molecule has 0 aromatic heterocycles. The van der Waals surface area contributed by atoms with Crippen LogP contribution in [0.1, 0.15) is 53.4 Å². The van der Waals surface area contributed by atoms with Gasteiger partial charge in [-0.15, -0.1) is 23.5 Å². The summed E-state index contributed by atoms with van der Waals surface area (Å²) in [4.78, 5) is 3.22. The van der Waals surface area contributed by atoms with E-state index in [1.54, 1.807) is 9.81 Å². The van der Waals surface area contributed by atoms with Crippen LogP contribution in [0.25, 0.3) is 0 Å². The standard InChI is InChI=1S/C28H42S2Si/c1-15-7-8-19-9-10-20-22(21(19)11-15)12-16(2)27(20)31(5,6)28-25-23(13-17(3)29-25)24-14-18(4)30-26(24)28/h9-10,13-16,19-28H,7-8,11-12H2,1-6H3/t15-,16?,19?,20?,21-,22?,23-,24?,25?,26?,27?,28?/m0/s1. The lowest BCUT2D eigenvalue weighted by atomic mass is 9.63. The third kappa shape index (κ3) is 3.22. The van der Waals surface area contributed by atoms with E-state index in [1.165, 1.54) is 25.7 Å². The van der Waals surface area contributed by atoms with Crippen molar-refractivity contribution in [3.63, 3.8) is 0 Å². The van der Waals surface area contributed by atoms with Crippen LogP contribution in [-0.4, -0.2) is 18.6 Å². The van der Waals surface area contributed by atoms with Crippen LogP contribution in [0.3, 0.4) is 0 Å². The predicted octanol–water partition coefficient (Wildman–Crippen LogP) is 8.61. The molecule has 0 nitrogen and oxygen atoms in total. The molecular formula is C28H42S2Si. The van der Waals surface area contributed by atoms with Crippen LogP contribution in [-0.2, 0) is 0 Å². The fraction of sp³-hybridized carbons (Fsp3) is 0.786. The molecule has 0 spiro atoms. The molecule has 2 heterocycles. The van der Waals surface area contributed by atoms with Crippen molar-refractivity contribution in [1.82, 2.24) is 0 Å². The van der Waals surface area contributed by atoms with Crippen molar-refractivity contribution in [3.8, 4) is 0 Å². The average molecular weight is 471 g/mol. The SMILES string of the molecule is CC1=CC2C(S1)C([Si](C)(C)C1C(C)CC3C1C=CC1CC[C@H](C)C[C@@H]13)C1SC(C)=C[C@@H]21. The maximum Gasteiger partial charge on any atom is 0.0569 e. The Morgan fingerprint density at radius 2 is 1.42 bits per heavy atom. The predicted molar refractivity (Wildman–Crippen MR) is 142 cm³/mol. The molecule has 0 saturated heterocycles. The summed E-state index contributed by atoms with van der Waals surface area (Å²) in [6.45, 7) is 15.6. The van der Waals surface area contributed by atoms with Gasteiger partial charge in [0.1, 0.15) is 0 Å². The molecule has 3 saturated carbocycles. The van der Waals surface area contributed by atoms with E-state index in [1.807, 2.05) is 0 Å². The quantitative estimate of drug-likeness (QED) is 0.292. The Morgan fingerprint density at radius 3 is 2.06 bits per heavy atom. The number of rotatable bonds is 2. The molecule has 31 heavy (non-hydrogen) atoms. The molecule has 170 valence electrons. The van der Waals surface area contributed by atoms with Crippen LogP contribution in [0, 0.1) is 47.3 Å². The first-order chi connectivity index (χ1) is 14.8. The van der Waals surface area contributed by atoms with Gasteiger partial charge in [-0.05, 0) is 101 Å². The van der Waals surface area contributed by atoms with Crippen molar-refractivity contribution in [1.29, 1.82) is 0 Å². The summed E-state index contributed by atoms with van der Waals surface area (Å²) < 4.78 is 0. The van der Waals surface area contributed by atoms with E-state index in [4.69, 9.17) is 0 Å². The van der Waals surface area contributed by atoms with Gasteiger partial charge in [0.15, 0.2) is 0 Å². The van der Waals surface area contributed by atoms with Gasteiger partial charge in [-0.3, -0.25) is 0 Å².